The molecule has 82 valence electrons. The Labute approximate surface area is 90.4 Å². The van der Waals surface area contributed by atoms with Crippen molar-refractivity contribution in [2.75, 3.05) is 0 Å². The summed E-state index contributed by atoms with van der Waals surface area (Å²) in [7, 11) is -4.49. The van der Waals surface area contributed by atoms with Gasteiger partial charge in [0.05, 0.1) is 4.92 Å². The molecule has 15 heavy (non-hydrogen) atoms. The molecule has 0 aromatic heterocycles. The highest BCUT2D eigenvalue weighted by molar-refractivity contribution is 7.85. The number of nitrogens with zero attached hydrogens (tertiary/aromatic N) is 1. The molecule has 0 heterocycles. The fraction of sp³-hybridized carbons (Fsp3) is 0.143. The monoisotopic (exact) mass is 251 g/mol. The standard InChI is InChI=1S/C7H6ClNO5S/c8-4-5-1-2-6(9(10)11)3-7(5)15(12,13)14/h1-3H,4H2,(H,12,13,14). The number of hydrogen-bond acceptors (Lipinski definition) is 4. The Morgan fingerprint density at radius 3 is 2.47 bits per heavy atom. The zero-order valence-electron chi connectivity index (χ0n) is 7.25. The lowest BCUT2D eigenvalue weighted by Gasteiger charge is -2.02. The molecule has 0 atom stereocenters. The van der Waals surface area contributed by atoms with Crippen LogP contribution in [0.15, 0.2) is 23.1 Å². The van der Waals surface area contributed by atoms with E-state index in [1.165, 1.54) is 6.07 Å². The predicted molar refractivity (Wildman–Crippen MR) is 52.5 cm³/mol. The van der Waals surface area contributed by atoms with Gasteiger partial charge < -0.3 is 0 Å². The average molecular weight is 252 g/mol. The lowest BCUT2D eigenvalue weighted by molar-refractivity contribution is -0.385. The lowest BCUT2D eigenvalue weighted by atomic mass is 10.2. The first-order valence-electron chi connectivity index (χ1n) is 3.67. The molecular weight excluding hydrogens is 246 g/mol. The number of non-ortho nitro benzene ring substituents is 1. The molecule has 0 aliphatic carbocycles. The first-order valence-corrected chi connectivity index (χ1v) is 5.64. The minimum absolute atomic E-state index is 0.116. The Bertz CT molecular complexity index is 498. The maximum Gasteiger partial charge on any atom is 0.295 e. The summed E-state index contributed by atoms with van der Waals surface area (Å²) < 4.78 is 30.5. The Kier molecular flexibility index (Phi) is 3.28. The van der Waals surface area contributed by atoms with Crippen molar-refractivity contribution in [1.82, 2.24) is 0 Å². The van der Waals surface area contributed by atoms with Gasteiger partial charge in [-0.05, 0) is 11.6 Å². The van der Waals surface area contributed by atoms with E-state index >= 15 is 0 Å². The van der Waals surface area contributed by atoms with E-state index in [1.54, 1.807) is 0 Å². The van der Waals surface area contributed by atoms with Gasteiger partial charge in [0.1, 0.15) is 4.90 Å². The van der Waals surface area contributed by atoms with Crippen LogP contribution in [0.3, 0.4) is 0 Å². The Morgan fingerprint density at radius 2 is 2.07 bits per heavy atom. The van der Waals surface area contributed by atoms with Crippen molar-refractivity contribution in [3.63, 3.8) is 0 Å². The van der Waals surface area contributed by atoms with Crippen LogP contribution < -0.4 is 0 Å². The van der Waals surface area contributed by atoms with Crippen LogP contribution in [0.25, 0.3) is 0 Å². The number of benzene rings is 1. The zero-order valence-corrected chi connectivity index (χ0v) is 8.83. The van der Waals surface area contributed by atoms with Gasteiger partial charge in [-0.1, -0.05) is 0 Å². The predicted octanol–water partition coefficient (Wildman–Crippen LogP) is 1.58. The molecule has 1 rings (SSSR count). The summed E-state index contributed by atoms with van der Waals surface area (Å²) in [6, 6.07) is 3.08. The fourth-order valence-corrected chi connectivity index (χ4v) is 2.06. The third-order valence-electron chi connectivity index (χ3n) is 1.68. The molecule has 6 nitrogen and oxygen atoms in total. The van der Waals surface area contributed by atoms with Crippen LogP contribution >= 0.6 is 11.6 Å². The lowest BCUT2D eigenvalue weighted by Crippen LogP contribution is -2.03. The normalized spacial score (nSPS) is 11.3. The first kappa shape index (κ1) is 11.9. The fourth-order valence-electron chi connectivity index (χ4n) is 1.01. The molecule has 0 fully saturated rings. The molecule has 0 saturated carbocycles. The molecule has 0 aliphatic rings. The highest BCUT2D eigenvalue weighted by Crippen LogP contribution is 2.23. The average Bonchev–Trinajstić information content (AvgIpc) is 2.15. The van der Waals surface area contributed by atoms with Crippen LogP contribution in [0.2, 0.25) is 0 Å². The SMILES string of the molecule is O=[N+]([O-])c1ccc(CCl)c(S(=O)(=O)O)c1. The largest absolute Gasteiger partial charge is 0.295 e. The van der Waals surface area contributed by atoms with Crippen molar-refractivity contribution in [1.29, 1.82) is 0 Å². The van der Waals surface area contributed by atoms with E-state index < -0.39 is 25.6 Å². The molecule has 0 unspecified atom stereocenters. The third-order valence-corrected chi connectivity index (χ3v) is 2.91. The van der Waals surface area contributed by atoms with Crippen LogP contribution in [0.1, 0.15) is 5.56 Å². The van der Waals surface area contributed by atoms with Crippen molar-refractivity contribution in [3.05, 3.63) is 33.9 Å². The van der Waals surface area contributed by atoms with E-state index in [0.717, 1.165) is 12.1 Å². The molecule has 0 bridgehead atoms. The van der Waals surface area contributed by atoms with Crippen LogP contribution in [-0.2, 0) is 16.0 Å². The summed E-state index contributed by atoms with van der Waals surface area (Å²) in [4.78, 5) is 9.08. The van der Waals surface area contributed by atoms with Gasteiger partial charge in [-0.3, -0.25) is 14.7 Å². The maximum atomic E-state index is 10.9. The van der Waals surface area contributed by atoms with E-state index in [4.69, 9.17) is 16.2 Å². The summed E-state index contributed by atoms with van der Waals surface area (Å²) in [5.41, 5.74) is -0.304. The smallest absolute Gasteiger partial charge is 0.282 e. The molecule has 1 aromatic rings. The molecule has 0 radical (unpaired) electrons. The number of halogens is 1. The van der Waals surface area contributed by atoms with Crippen LogP contribution in [0, 0.1) is 10.1 Å². The van der Waals surface area contributed by atoms with Crippen molar-refractivity contribution < 1.29 is 17.9 Å². The van der Waals surface area contributed by atoms with Crippen LogP contribution in [0.4, 0.5) is 5.69 Å². The van der Waals surface area contributed by atoms with E-state index in [-0.39, 0.29) is 11.4 Å². The zero-order chi connectivity index (χ0) is 11.6. The van der Waals surface area contributed by atoms with E-state index in [9.17, 15) is 18.5 Å². The second kappa shape index (κ2) is 4.13. The van der Waals surface area contributed by atoms with Crippen molar-refractivity contribution >= 4 is 27.4 Å². The number of alkyl halides is 1. The third kappa shape index (κ3) is 2.65. The summed E-state index contributed by atoms with van der Waals surface area (Å²) in [6.45, 7) is 0. The number of hydrogen-bond donors (Lipinski definition) is 1. The van der Waals surface area contributed by atoms with Crippen LogP contribution in [-0.4, -0.2) is 17.9 Å². The van der Waals surface area contributed by atoms with Gasteiger partial charge in [0.15, 0.2) is 0 Å². The highest BCUT2D eigenvalue weighted by atomic mass is 35.5. The first-order chi connectivity index (χ1) is 6.86. The maximum absolute atomic E-state index is 10.9. The van der Waals surface area contributed by atoms with Crippen molar-refractivity contribution in [2.24, 2.45) is 0 Å². The van der Waals surface area contributed by atoms with Gasteiger partial charge in [0.25, 0.3) is 15.8 Å². The minimum atomic E-state index is -4.49. The van der Waals surface area contributed by atoms with Gasteiger partial charge in [-0.25, -0.2) is 0 Å². The number of nitro groups is 1. The molecule has 1 N–H and O–H groups in total. The van der Waals surface area contributed by atoms with Gasteiger partial charge in [-0.15, -0.1) is 11.6 Å². The van der Waals surface area contributed by atoms with E-state index in [1.807, 2.05) is 0 Å². The Hall–Kier alpha value is -1.18. The van der Waals surface area contributed by atoms with Gasteiger partial charge in [-0.2, -0.15) is 8.42 Å². The summed E-state index contributed by atoms with van der Waals surface area (Å²) in [5.74, 6) is -0.160. The second-order valence-electron chi connectivity index (χ2n) is 2.66. The van der Waals surface area contributed by atoms with Crippen LogP contribution in [0.5, 0.6) is 0 Å². The topological polar surface area (TPSA) is 97.5 Å². The molecule has 0 saturated heterocycles. The van der Waals surface area contributed by atoms with E-state index in [2.05, 4.69) is 0 Å². The van der Waals surface area contributed by atoms with Crippen molar-refractivity contribution in [3.8, 4) is 0 Å². The Morgan fingerprint density at radius 1 is 1.47 bits per heavy atom. The van der Waals surface area contributed by atoms with Gasteiger partial charge >= 0.3 is 0 Å². The summed E-state index contributed by atoms with van der Waals surface area (Å²) in [5, 5.41) is 10.4. The second-order valence-corrected chi connectivity index (χ2v) is 4.32. The Balaban J connectivity index is 3.46. The van der Waals surface area contributed by atoms with Crippen molar-refractivity contribution in [2.45, 2.75) is 10.8 Å². The molecule has 0 amide bonds. The van der Waals surface area contributed by atoms with Gasteiger partial charge in [0.2, 0.25) is 0 Å². The van der Waals surface area contributed by atoms with E-state index in [0.29, 0.717) is 0 Å². The molecule has 8 heteroatoms. The number of rotatable bonds is 3. The summed E-state index contributed by atoms with van der Waals surface area (Å²) in [6.07, 6.45) is 0. The molecular formula is C7H6ClNO5S. The summed E-state index contributed by atoms with van der Waals surface area (Å²) >= 11 is 5.42. The molecule has 1 aromatic carbocycles. The quantitative estimate of drug-likeness (QED) is 0.381. The number of nitro benzene ring substituents is 1. The molecule has 0 aliphatic heterocycles. The highest BCUT2D eigenvalue weighted by Gasteiger charge is 2.19. The molecule has 0 spiro atoms. The minimum Gasteiger partial charge on any atom is -0.282 e. The van der Waals surface area contributed by atoms with Gasteiger partial charge in [0, 0.05) is 18.0 Å².